The van der Waals surface area contributed by atoms with Crippen LogP contribution in [0.5, 0.6) is 0 Å². The van der Waals surface area contributed by atoms with Crippen molar-refractivity contribution in [1.29, 1.82) is 0 Å². The zero-order valence-corrected chi connectivity index (χ0v) is 17.2. The summed E-state index contributed by atoms with van der Waals surface area (Å²) in [5.41, 5.74) is 2.17. The highest BCUT2D eigenvalue weighted by molar-refractivity contribution is 5.76. The number of amides is 1. The number of benzene rings is 1. The number of nitrogens with one attached hydrogen (secondary N) is 2. The van der Waals surface area contributed by atoms with Crippen LogP contribution in [0.25, 0.3) is 0 Å². The Bertz CT molecular complexity index is 680. The summed E-state index contributed by atoms with van der Waals surface area (Å²) in [6.07, 6.45) is 8.78. The molecule has 2 bridgehead atoms. The lowest BCUT2D eigenvalue weighted by molar-refractivity contribution is -0.123. The summed E-state index contributed by atoms with van der Waals surface area (Å²) < 4.78 is 14.0. The monoisotopic (exact) mass is 386 g/mol. The first-order valence-corrected chi connectivity index (χ1v) is 11.2. The molecule has 1 aromatic rings. The van der Waals surface area contributed by atoms with Crippen LogP contribution in [0.1, 0.15) is 70.3 Å². The maximum Gasteiger partial charge on any atom is 0.220 e. The third-order valence-corrected chi connectivity index (χ3v) is 7.58. The van der Waals surface area contributed by atoms with Gasteiger partial charge in [-0.2, -0.15) is 0 Å². The van der Waals surface area contributed by atoms with Crippen LogP contribution in [-0.4, -0.2) is 31.2 Å². The van der Waals surface area contributed by atoms with Gasteiger partial charge in [0.05, 0.1) is 6.04 Å². The molecule has 3 fully saturated rings. The number of carbonyl (C=O) groups is 1. The lowest BCUT2D eigenvalue weighted by Gasteiger charge is -2.54. The molecule has 1 saturated heterocycles. The van der Waals surface area contributed by atoms with Crippen molar-refractivity contribution in [3.05, 3.63) is 35.9 Å². The van der Waals surface area contributed by atoms with Gasteiger partial charge in [-0.1, -0.05) is 43.7 Å². The summed E-state index contributed by atoms with van der Waals surface area (Å²) in [4.78, 5) is 12.5. The lowest BCUT2D eigenvalue weighted by atomic mass is 9.50. The molecule has 3 aliphatic rings. The summed E-state index contributed by atoms with van der Waals surface area (Å²) in [6, 6.07) is 10.7. The SMILES string of the molecule is C[C@]12CCC[C@](c3ccccc3)(CC(CCC(=O)N[C@@H]3CCNC[C@H]3F)C1)C2. The molecule has 1 aliphatic heterocycles. The van der Waals surface area contributed by atoms with Gasteiger partial charge in [0.1, 0.15) is 6.17 Å². The summed E-state index contributed by atoms with van der Waals surface area (Å²) in [6.45, 7) is 3.59. The second kappa shape index (κ2) is 8.14. The molecular weight excluding hydrogens is 351 g/mol. The minimum Gasteiger partial charge on any atom is -0.350 e. The van der Waals surface area contributed by atoms with E-state index in [2.05, 4.69) is 47.9 Å². The number of rotatable bonds is 5. The van der Waals surface area contributed by atoms with Crippen molar-refractivity contribution in [3.63, 3.8) is 0 Å². The normalized spacial score (nSPS) is 38.0. The predicted octanol–water partition coefficient (Wildman–Crippen LogP) is 4.51. The molecule has 4 heteroatoms. The molecule has 0 radical (unpaired) electrons. The highest BCUT2D eigenvalue weighted by atomic mass is 19.1. The van der Waals surface area contributed by atoms with Crippen molar-refractivity contribution >= 4 is 5.91 Å². The molecule has 4 rings (SSSR count). The fourth-order valence-corrected chi connectivity index (χ4v) is 6.47. The van der Waals surface area contributed by atoms with Crippen LogP contribution in [0.2, 0.25) is 0 Å². The molecule has 28 heavy (non-hydrogen) atoms. The Balaban J connectivity index is 1.39. The van der Waals surface area contributed by atoms with E-state index in [1.165, 1.54) is 44.1 Å². The van der Waals surface area contributed by atoms with Gasteiger partial charge in [-0.25, -0.2) is 4.39 Å². The number of hydrogen-bond acceptors (Lipinski definition) is 2. The van der Waals surface area contributed by atoms with Crippen LogP contribution in [0.3, 0.4) is 0 Å². The Hall–Kier alpha value is -1.42. The number of fused-ring (bicyclic) bond motifs is 2. The van der Waals surface area contributed by atoms with Crippen LogP contribution in [0.15, 0.2) is 30.3 Å². The van der Waals surface area contributed by atoms with Gasteiger partial charge in [0.25, 0.3) is 0 Å². The maximum absolute atomic E-state index is 14.0. The maximum atomic E-state index is 14.0. The second-order valence-corrected chi connectivity index (χ2v) is 9.98. The molecule has 5 atom stereocenters. The van der Waals surface area contributed by atoms with Crippen LogP contribution in [0, 0.1) is 11.3 Å². The molecule has 1 unspecified atom stereocenters. The van der Waals surface area contributed by atoms with Crippen molar-refractivity contribution in [2.75, 3.05) is 13.1 Å². The molecule has 0 aromatic heterocycles. The first-order chi connectivity index (χ1) is 13.5. The number of carbonyl (C=O) groups excluding carboxylic acids is 1. The number of piperidine rings is 1. The summed E-state index contributed by atoms with van der Waals surface area (Å²) in [5.74, 6) is 0.614. The smallest absolute Gasteiger partial charge is 0.220 e. The van der Waals surface area contributed by atoms with Crippen LogP contribution in [-0.2, 0) is 10.2 Å². The summed E-state index contributed by atoms with van der Waals surface area (Å²) in [5, 5.41) is 6.00. The molecule has 154 valence electrons. The molecule has 1 amide bonds. The molecule has 1 heterocycles. The molecular formula is C24H35FN2O. The highest BCUT2D eigenvalue weighted by Crippen LogP contribution is 2.58. The van der Waals surface area contributed by atoms with Gasteiger partial charge in [0.2, 0.25) is 5.91 Å². The van der Waals surface area contributed by atoms with E-state index in [1.54, 1.807) is 0 Å². The van der Waals surface area contributed by atoms with E-state index in [4.69, 9.17) is 0 Å². The van der Waals surface area contributed by atoms with Crippen molar-refractivity contribution in [2.24, 2.45) is 11.3 Å². The zero-order valence-electron chi connectivity index (χ0n) is 17.2. The van der Waals surface area contributed by atoms with Crippen molar-refractivity contribution in [3.8, 4) is 0 Å². The van der Waals surface area contributed by atoms with E-state index in [-0.39, 0.29) is 17.4 Å². The van der Waals surface area contributed by atoms with Crippen LogP contribution in [0.4, 0.5) is 4.39 Å². The standard InChI is InChI=1S/C24H35FN2O/c1-23-11-5-12-24(17-23,19-6-3-2-4-7-19)15-18(14-23)8-9-22(28)27-21-10-13-26-16-20(21)25/h2-4,6-7,18,20-21,26H,5,8-17H2,1H3,(H,27,28)/t18?,20-,21-,23+,24+/m1/s1. The van der Waals surface area contributed by atoms with Crippen molar-refractivity contribution < 1.29 is 9.18 Å². The Morgan fingerprint density at radius 2 is 2.07 bits per heavy atom. The van der Waals surface area contributed by atoms with E-state index in [0.717, 1.165) is 13.0 Å². The summed E-state index contributed by atoms with van der Waals surface area (Å²) >= 11 is 0. The van der Waals surface area contributed by atoms with E-state index in [1.807, 2.05) is 0 Å². The van der Waals surface area contributed by atoms with E-state index < -0.39 is 6.17 Å². The van der Waals surface area contributed by atoms with Crippen molar-refractivity contribution in [2.45, 2.75) is 82.3 Å². The molecule has 2 aliphatic carbocycles. The molecule has 1 aromatic carbocycles. The van der Waals surface area contributed by atoms with Gasteiger partial charge < -0.3 is 10.6 Å². The predicted molar refractivity (Wildman–Crippen MR) is 111 cm³/mol. The highest BCUT2D eigenvalue weighted by Gasteiger charge is 2.49. The third kappa shape index (κ3) is 4.27. The van der Waals surface area contributed by atoms with Crippen molar-refractivity contribution in [1.82, 2.24) is 10.6 Å². The van der Waals surface area contributed by atoms with Crippen LogP contribution >= 0.6 is 0 Å². The van der Waals surface area contributed by atoms with Gasteiger partial charge in [-0.15, -0.1) is 0 Å². The Morgan fingerprint density at radius 1 is 1.25 bits per heavy atom. The largest absolute Gasteiger partial charge is 0.350 e. The van der Waals surface area contributed by atoms with Gasteiger partial charge in [-0.05, 0) is 73.8 Å². The van der Waals surface area contributed by atoms with E-state index in [0.29, 0.717) is 30.7 Å². The summed E-state index contributed by atoms with van der Waals surface area (Å²) in [7, 11) is 0. The van der Waals surface area contributed by atoms with Gasteiger partial charge in [-0.3, -0.25) is 4.79 Å². The van der Waals surface area contributed by atoms with Gasteiger partial charge >= 0.3 is 0 Å². The first-order valence-electron chi connectivity index (χ1n) is 11.2. The van der Waals surface area contributed by atoms with Gasteiger partial charge in [0, 0.05) is 13.0 Å². The quantitative estimate of drug-likeness (QED) is 0.782. The van der Waals surface area contributed by atoms with Gasteiger partial charge in [0.15, 0.2) is 0 Å². The topological polar surface area (TPSA) is 41.1 Å². The molecule has 0 spiro atoms. The van der Waals surface area contributed by atoms with E-state index in [9.17, 15) is 9.18 Å². The Morgan fingerprint density at radius 3 is 2.86 bits per heavy atom. The zero-order chi connectivity index (χ0) is 19.6. The molecule has 2 N–H and O–H groups in total. The van der Waals surface area contributed by atoms with Crippen LogP contribution < -0.4 is 10.6 Å². The fourth-order valence-electron chi connectivity index (χ4n) is 6.47. The Labute approximate surface area is 168 Å². The lowest BCUT2D eigenvalue weighted by Crippen LogP contribution is -2.51. The number of alkyl halides is 1. The fraction of sp³-hybridized carbons (Fsp3) is 0.708. The average Bonchev–Trinajstić information content (AvgIpc) is 2.68. The minimum atomic E-state index is -0.966. The molecule has 2 saturated carbocycles. The number of hydrogen-bond donors (Lipinski definition) is 2. The average molecular weight is 387 g/mol. The second-order valence-electron chi connectivity index (χ2n) is 9.98. The Kier molecular flexibility index (Phi) is 5.78. The van der Waals surface area contributed by atoms with E-state index >= 15 is 0 Å². The first kappa shape index (κ1) is 19.9. The minimum absolute atomic E-state index is 0.0317. The number of halogens is 1. The molecule has 3 nitrogen and oxygen atoms in total. The third-order valence-electron chi connectivity index (χ3n) is 7.58.